The highest BCUT2D eigenvalue weighted by atomic mass is 16.5. The molecule has 0 aliphatic heterocycles. The molecule has 8 atom stereocenters. The molecule has 4 aliphatic carbocycles. The van der Waals surface area contributed by atoms with Crippen LogP contribution in [0.2, 0.25) is 0 Å². The Bertz CT molecular complexity index is 858. The monoisotopic (exact) mass is 583 g/mol. The van der Waals surface area contributed by atoms with Crippen LogP contribution in [0, 0.1) is 46.3 Å². The molecule has 0 heterocycles. The zero-order valence-electron chi connectivity index (χ0n) is 29.0. The average molecular weight is 583 g/mol. The SMILES string of the molecule is CCCCCCCCCCCCC(=O)OC1CCC2(C)C(=CCC3C2CCC2(C)C(C(C)CCCC(C)C)CCC32)C1. The van der Waals surface area contributed by atoms with E-state index in [0.29, 0.717) is 17.3 Å². The van der Waals surface area contributed by atoms with Crippen molar-refractivity contribution in [3.63, 3.8) is 0 Å². The molecule has 0 aromatic rings. The van der Waals surface area contributed by atoms with E-state index in [1.165, 1.54) is 116 Å². The van der Waals surface area contributed by atoms with E-state index in [-0.39, 0.29) is 12.1 Å². The van der Waals surface area contributed by atoms with Crippen molar-refractivity contribution in [3.8, 4) is 0 Å². The van der Waals surface area contributed by atoms with Gasteiger partial charge in [0.1, 0.15) is 6.10 Å². The fourth-order valence-corrected chi connectivity index (χ4v) is 10.8. The molecule has 2 nitrogen and oxygen atoms in total. The van der Waals surface area contributed by atoms with Gasteiger partial charge >= 0.3 is 5.97 Å². The summed E-state index contributed by atoms with van der Waals surface area (Å²) in [6.45, 7) is 14.9. The first-order valence-corrected chi connectivity index (χ1v) is 19.1. The van der Waals surface area contributed by atoms with E-state index in [1.807, 2.05) is 0 Å². The Hall–Kier alpha value is -0.790. The predicted octanol–water partition coefficient (Wildman–Crippen LogP) is 12.3. The molecule has 0 N–H and O–H groups in total. The molecule has 0 aromatic carbocycles. The number of ether oxygens (including phenoxy) is 1. The van der Waals surface area contributed by atoms with Crippen LogP contribution in [0.25, 0.3) is 0 Å². The van der Waals surface area contributed by atoms with Gasteiger partial charge in [-0.15, -0.1) is 0 Å². The number of rotatable bonds is 17. The minimum atomic E-state index is 0.0606. The molecule has 0 aromatic heterocycles. The zero-order chi connectivity index (χ0) is 30.2. The number of hydrogen-bond acceptors (Lipinski definition) is 2. The molecule has 0 spiro atoms. The lowest BCUT2D eigenvalue weighted by Gasteiger charge is -2.58. The summed E-state index contributed by atoms with van der Waals surface area (Å²) in [7, 11) is 0. The van der Waals surface area contributed by atoms with Crippen LogP contribution in [0.4, 0.5) is 0 Å². The lowest BCUT2D eigenvalue weighted by Crippen LogP contribution is -2.51. The molecular weight excluding hydrogens is 512 g/mol. The smallest absolute Gasteiger partial charge is 0.306 e. The first kappa shape index (κ1) is 34.1. The molecule has 4 aliphatic rings. The molecule has 0 amide bonds. The van der Waals surface area contributed by atoms with E-state index in [9.17, 15) is 4.79 Å². The van der Waals surface area contributed by atoms with Crippen molar-refractivity contribution in [1.29, 1.82) is 0 Å². The van der Waals surface area contributed by atoms with Crippen LogP contribution in [0.5, 0.6) is 0 Å². The van der Waals surface area contributed by atoms with E-state index in [2.05, 4.69) is 47.6 Å². The largest absolute Gasteiger partial charge is 0.462 e. The summed E-state index contributed by atoms with van der Waals surface area (Å²) in [5, 5.41) is 0. The Kier molecular flexibility index (Phi) is 13.0. The molecule has 242 valence electrons. The van der Waals surface area contributed by atoms with Crippen molar-refractivity contribution in [2.75, 3.05) is 0 Å². The van der Waals surface area contributed by atoms with Crippen LogP contribution < -0.4 is 0 Å². The summed E-state index contributed by atoms with van der Waals surface area (Å²) >= 11 is 0. The summed E-state index contributed by atoms with van der Waals surface area (Å²) in [5.41, 5.74) is 2.54. The van der Waals surface area contributed by atoms with Crippen molar-refractivity contribution in [2.24, 2.45) is 46.3 Å². The molecule has 0 bridgehead atoms. The van der Waals surface area contributed by atoms with Gasteiger partial charge in [0.05, 0.1) is 0 Å². The van der Waals surface area contributed by atoms with Gasteiger partial charge in [-0.3, -0.25) is 4.79 Å². The minimum absolute atomic E-state index is 0.0606. The second kappa shape index (κ2) is 16.0. The maximum atomic E-state index is 12.7. The van der Waals surface area contributed by atoms with Gasteiger partial charge in [0, 0.05) is 12.8 Å². The van der Waals surface area contributed by atoms with E-state index in [0.717, 1.165) is 54.8 Å². The van der Waals surface area contributed by atoms with E-state index in [1.54, 1.807) is 5.57 Å². The third-order valence-corrected chi connectivity index (χ3v) is 13.3. The standard InChI is InChI=1S/C40H70O2/c1-7-8-9-10-11-12-13-14-15-16-20-38(41)42-33-25-27-39(5)32(29-33)21-22-34-36-24-23-35(31(4)19-17-18-30(2)3)40(36,6)28-26-37(34)39/h21,30-31,33-37H,7-20,22-29H2,1-6H3. The number of fused-ring (bicyclic) bond motifs is 5. The van der Waals surface area contributed by atoms with Crippen molar-refractivity contribution in [2.45, 2.75) is 189 Å². The van der Waals surface area contributed by atoms with Crippen LogP contribution >= 0.6 is 0 Å². The van der Waals surface area contributed by atoms with Gasteiger partial charge in [0.25, 0.3) is 0 Å². The third-order valence-electron chi connectivity index (χ3n) is 13.3. The van der Waals surface area contributed by atoms with Crippen molar-refractivity contribution in [1.82, 2.24) is 0 Å². The first-order chi connectivity index (χ1) is 20.2. The Balaban J connectivity index is 1.21. The minimum Gasteiger partial charge on any atom is -0.462 e. The number of carbonyl (C=O) groups excluding carboxylic acids is 1. The van der Waals surface area contributed by atoms with Gasteiger partial charge in [-0.1, -0.05) is 130 Å². The molecule has 0 saturated heterocycles. The number of unbranched alkanes of at least 4 members (excludes halogenated alkanes) is 9. The topological polar surface area (TPSA) is 26.3 Å². The van der Waals surface area contributed by atoms with Crippen molar-refractivity contribution < 1.29 is 9.53 Å². The summed E-state index contributed by atoms with van der Waals surface area (Å²) < 4.78 is 6.10. The van der Waals surface area contributed by atoms with Crippen molar-refractivity contribution >= 4 is 5.97 Å². The predicted molar refractivity (Wildman–Crippen MR) is 179 cm³/mol. The van der Waals surface area contributed by atoms with Gasteiger partial charge in [0.2, 0.25) is 0 Å². The molecule has 3 fully saturated rings. The number of esters is 1. The Morgan fingerprint density at radius 2 is 1.52 bits per heavy atom. The van der Waals surface area contributed by atoms with E-state index >= 15 is 0 Å². The molecule has 3 saturated carbocycles. The molecule has 8 unspecified atom stereocenters. The molecule has 4 rings (SSSR count). The Morgan fingerprint density at radius 3 is 2.21 bits per heavy atom. The van der Waals surface area contributed by atoms with Crippen molar-refractivity contribution in [3.05, 3.63) is 11.6 Å². The average Bonchev–Trinajstić information content (AvgIpc) is 3.31. The maximum absolute atomic E-state index is 12.7. The first-order valence-electron chi connectivity index (χ1n) is 19.1. The van der Waals surface area contributed by atoms with Crippen LogP contribution in [0.1, 0.15) is 183 Å². The second-order valence-corrected chi connectivity index (χ2v) is 16.6. The lowest BCUT2D eigenvalue weighted by atomic mass is 9.47. The second-order valence-electron chi connectivity index (χ2n) is 16.6. The Labute approximate surface area is 262 Å². The van der Waals surface area contributed by atoms with Crippen LogP contribution in [0.15, 0.2) is 11.6 Å². The number of carbonyl (C=O) groups is 1. The van der Waals surface area contributed by atoms with Gasteiger partial charge in [-0.05, 0) is 97.7 Å². The summed E-state index contributed by atoms with van der Waals surface area (Å²) in [6.07, 6.45) is 31.0. The highest BCUT2D eigenvalue weighted by Crippen LogP contribution is 2.67. The number of allylic oxidation sites excluding steroid dienone is 1. The zero-order valence-corrected chi connectivity index (χ0v) is 29.0. The summed E-state index contributed by atoms with van der Waals surface area (Å²) in [6, 6.07) is 0. The molecule has 2 heteroatoms. The van der Waals surface area contributed by atoms with Crippen LogP contribution in [-0.2, 0) is 9.53 Å². The Morgan fingerprint density at radius 1 is 0.833 bits per heavy atom. The van der Waals surface area contributed by atoms with Gasteiger partial charge in [-0.2, -0.15) is 0 Å². The normalized spacial score (nSPS) is 34.8. The lowest BCUT2D eigenvalue weighted by molar-refractivity contribution is -0.151. The number of hydrogen-bond donors (Lipinski definition) is 0. The third kappa shape index (κ3) is 8.27. The van der Waals surface area contributed by atoms with E-state index in [4.69, 9.17) is 4.74 Å². The molecular formula is C40H70O2. The summed E-state index contributed by atoms with van der Waals surface area (Å²) in [4.78, 5) is 12.7. The van der Waals surface area contributed by atoms with Crippen LogP contribution in [0.3, 0.4) is 0 Å². The van der Waals surface area contributed by atoms with Gasteiger partial charge in [0.15, 0.2) is 0 Å². The molecule has 42 heavy (non-hydrogen) atoms. The van der Waals surface area contributed by atoms with Crippen LogP contribution in [-0.4, -0.2) is 12.1 Å². The quantitative estimate of drug-likeness (QED) is 0.0968. The highest BCUT2D eigenvalue weighted by molar-refractivity contribution is 5.69. The van der Waals surface area contributed by atoms with Gasteiger partial charge < -0.3 is 4.74 Å². The highest BCUT2D eigenvalue weighted by Gasteiger charge is 2.59. The molecule has 0 radical (unpaired) electrons. The van der Waals surface area contributed by atoms with E-state index < -0.39 is 0 Å². The van der Waals surface area contributed by atoms with Gasteiger partial charge in [-0.25, -0.2) is 0 Å². The summed E-state index contributed by atoms with van der Waals surface area (Å²) in [5.74, 6) is 5.34. The fourth-order valence-electron chi connectivity index (χ4n) is 10.8. The fraction of sp³-hybridized carbons (Fsp3) is 0.925. The maximum Gasteiger partial charge on any atom is 0.306 e.